The molecule has 6 heteroatoms. The molecule has 0 saturated heterocycles. The Bertz CT molecular complexity index is 1040. The van der Waals surface area contributed by atoms with Crippen LogP contribution in [0.15, 0.2) is 66.7 Å². The van der Waals surface area contributed by atoms with Crippen molar-refractivity contribution in [3.05, 3.63) is 82.9 Å². The second-order valence-corrected chi connectivity index (χ2v) is 6.79. The van der Waals surface area contributed by atoms with Gasteiger partial charge in [-0.25, -0.2) is 0 Å². The van der Waals surface area contributed by atoms with Crippen molar-refractivity contribution in [2.75, 3.05) is 17.0 Å². The Morgan fingerprint density at radius 2 is 1.74 bits per heavy atom. The third kappa shape index (κ3) is 2.67. The SMILES string of the molecule is O=C1c2ccccc2N[C@@H](c2ccc3c(c2)OCO3)N1c1ccc(Cl)cc1. The topological polar surface area (TPSA) is 50.8 Å². The Morgan fingerprint density at radius 1 is 0.963 bits per heavy atom. The zero-order chi connectivity index (χ0) is 18.4. The zero-order valence-corrected chi connectivity index (χ0v) is 14.9. The molecule has 0 aromatic heterocycles. The highest BCUT2D eigenvalue weighted by Gasteiger charge is 2.34. The van der Waals surface area contributed by atoms with E-state index in [2.05, 4.69) is 5.32 Å². The van der Waals surface area contributed by atoms with Gasteiger partial charge in [-0.1, -0.05) is 29.8 Å². The number of hydrogen-bond donors (Lipinski definition) is 1. The predicted octanol–water partition coefficient (Wildman–Crippen LogP) is 4.84. The molecule has 2 aliphatic heterocycles. The molecule has 1 amide bonds. The molecule has 5 rings (SSSR count). The smallest absolute Gasteiger partial charge is 0.262 e. The Labute approximate surface area is 161 Å². The molecule has 0 spiro atoms. The molecule has 27 heavy (non-hydrogen) atoms. The van der Waals surface area contributed by atoms with Gasteiger partial charge in [-0.15, -0.1) is 0 Å². The van der Waals surface area contributed by atoms with Crippen LogP contribution in [0.5, 0.6) is 11.5 Å². The summed E-state index contributed by atoms with van der Waals surface area (Å²) in [5.74, 6) is 1.31. The van der Waals surface area contributed by atoms with Crippen LogP contribution in [0.2, 0.25) is 5.02 Å². The molecule has 2 aliphatic rings. The first-order chi connectivity index (χ1) is 13.2. The quantitative estimate of drug-likeness (QED) is 0.693. The minimum Gasteiger partial charge on any atom is -0.454 e. The first-order valence-corrected chi connectivity index (χ1v) is 8.93. The number of anilines is 2. The molecular formula is C21H15ClN2O3. The van der Waals surface area contributed by atoms with Crippen LogP contribution in [-0.4, -0.2) is 12.7 Å². The number of benzene rings is 3. The van der Waals surface area contributed by atoms with E-state index in [1.54, 1.807) is 17.0 Å². The van der Waals surface area contributed by atoms with Crippen LogP contribution in [-0.2, 0) is 0 Å². The highest BCUT2D eigenvalue weighted by Crippen LogP contribution is 2.40. The van der Waals surface area contributed by atoms with E-state index < -0.39 is 0 Å². The van der Waals surface area contributed by atoms with Crippen molar-refractivity contribution < 1.29 is 14.3 Å². The lowest BCUT2D eigenvalue weighted by molar-refractivity contribution is 0.0975. The van der Waals surface area contributed by atoms with Gasteiger partial charge in [0.05, 0.1) is 5.56 Å². The summed E-state index contributed by atoms with van der Waals surface area (Å²) < 4.78 is 10.9. The maximum absolute atomic E-state index is 13.3. The normalized spacial score (nSPS) is 17.4. The molecule has 2 heterocycles. The summed E-state index contributed by atoms with van der Waals surface area (Å²) in [6.45, 7) is 0.208. The van der Waals surface area contributed by atoms with E-state index in [1.807, 2.05) is 54.6 Å². The number of halogens is 1. The fourth-order valence-electron chi connectivity index (χ4n) is 3.44. The van der Waals surface area contributed by atoms with Gasteiger partial charge in [0.15, 0.2) is 11.5 Å². The van der Waals surface area contributed by atoms with Gasteiger partial charge in [0.25, 0.3) is 5.91 Å². The van der Waals surface area contributed by atoms with Crippen molar-refractivity contribution in [3.63, 3.8) is 0 Å². The summed E-state index contributed by atoms with van der Waals surface area (Å²) >= 11 is 6.04. The van der Waals surface area contributed by atoms with Crippen molar-refractivity contribution in [1.82, 2.24) is 0 Å². The second kappa shape index (κ2) is 6.21. The zero-order valence-electron chi connectivity index (χ0n) is 14.2. The third-order valence-corrected chi connectivity index (χ3v) is 5.00. The van der Waals surface area contributed by atoms with Gasteiger partial charge in [0.2, 0.25) is 6.79 Å². The molecular weight excluding hydrogens is 364 g/mol. The van der Waals surface area contributed by atoms with Crippen molar-refractivity contribution in [2.24, 2.45) is 0 Å². The van der Waals surface area contributed by atoms with Gasteiger partial charge in [-0.2, -0.15) is 0 Å². The highest BCUT2D eigenvalue weighted by atomic mass is 35.5. The van der Waals surface area contributed by atoms with E-state index in [1.165, 1.54) is 0 Å². The van der Waals surface area contributed by atoms with E-state index in [4.69, 9.17) is 21.1 Å². The molecule has 0 saturated carbocycles. The molecule has 1 N–H and O–H groups in total. The van der Waals surface area contributed by atoms with Crippen molar-refractivity contribution >= 4 is 28.9 Å². The van der Waals surface area contributed by atoms with E-state index in [9.17, 15) is 4.79 Å². The number of carbonyl (C=O) groups is 1. The lowest BCUT2D eigenvalue weighted by Crippen LogP contribution is -2.43. The van der Waals surface area contributed by atoms with Gasteiger partial charge in [-0.3, -0.25) is 9.69 Å². The molecule has 134 valence electrons. The van der Waals surface area contributed by atoms with Gasteiger partial charge in [-0.05, 0) is 54.1 Å². The summed E-state index contributed by atoms with van der Waals surface area (Å²) in [6, 6.07) is 20.5. The first kappa shape index (κ1) is 16.0. The van der Waals surface area contributed by atoms with E-state index >= 15 is 0 Å². The summed E-state index contributed by atoms with van der Waals surface area (Å²) in [6.07, 6.45) is -0.386. The van der Waals surface area contributed by atoms with Gasteiger partial charge < -0.3 is 14.8 Å². The van der Waals surface area contributed by atoms with E-state index in [0.29, 0.717) is 22.1 Å². The van der Waals surface area contributed by atoms with Gasteiger partial charge in [0, 0.05) is 16.4 Å². The van der Waals surface area contributed by atoms with Crippen LogP contribution in [0.25, 0.3) is 0 Å². The first-order valence-electron chi connectivity index (χ1n) is 8.55. The number of hydrogen-bond acceptors (Lipinski definition) is 4. The van der Waals surface area contributed by atoms with E-state index in [0.717, 1.165) is 16.9 Å². The minimum atomic E-state index is -0.386. The number of rotatable bonds is 2. The number of para-hydroxylation sites is 1. The standard InChI is InChI=1S/C21H15ClN2O3/c22-14-6-8-15(9-7-14)24-20(13-5-10-18-19(11-13)27-12-26-18)23-17-4-2-1-3-16(17)21(24)25/h1-11,20,23H,12H2/t20-/m1/s1. The summed E-state index contributed by atoms with van der Waals surface area (Å²) in [7, 11) is 0. The maximum Gasteiger partial charge on any atom is 0.262 e. The molecule has 0 fully saturated rings. The lowest BCUT2D eigenvalue weighted by atomic mass is 10.0. The van der Waals surface area contributed by atoms with Gasteiger partial charge in [0.1, 0.15) is 6.17 Å². The summed E-state index contributed by atoms with van der Waals surface area (Å²) in [5, 5.41) is 4.10. The Morgan fingerprint density at radius 3 is 2.59 bits per heavy atom. The van der Waals surface area contributed by atoms with Crippen LogP contribution in [0, 0.1) is 0 Å². The minimum absolute atomic E-state index is 0.0747. The fourth-order valence-corrected chi connectivity index (χ4v) is 3.56. The van der Waals surface area contributed by atoms with Crippen LogP contribution in [0.4, 0.5) is 11.4 Å². The average Bonchev–Trinajstić information content (AvgIpc) is 3.17. The molecule has 0 unspecified atom stereocenters. The van der Waals surface area contributed by atoms with Crippen LogP contribution >= 0.6 is 11.6 Å². The number of nitrogens with one attached hydrogen (secondary N) is 1. The monoisotopic (exact) mass is 378 g/mol. The largest absolute Gasteiger partial charge is 0.454 e. The molecule has 5 nitrogen and oxygen atoms in total. The van der Waals surface area contributed by atoms with Crippen LogP contribution in [0.3, 0.4) is 0 Å². The van der Waals surface area contributed by atoms with Crippen molar-refractivity contribution in [3.8, 4) is 11.5 Å². The van der Waals surface area contributed by atoms with Crippen molar-refractivity contribution in [1.29, 1.82) is 0 Å². The van der Waals surface area contributed by atoms with Crippen molar-refractivity contribution in [2.45, 2.75) is 6.17 Å². The second-order valence-electron chi connectivity index (χ2n) is 6.36. The Balaban J connectivity index is 1.64. The van der Waals surface area contributed by atoms with Crippen LogP contribution < -0.4 is 19.7 Å². The Kier molecular flexibility index (Phi) is 3.69. The third-order valence-electron chi connectivity index (χ3n) is 4.74. The molecule has 0 bridgehead atoms. The Hall–Kier alpha value is -3.18. The molecule has 3 aromatic carbocycles. The molecule has 0 aliphatic carbocycles. The summed E-state index contributed by atoms with van der Waals surface area (Å²) in [4.78, 5) is 15.0. The molecule has 1 atom stereocenters. The molecule has 3 aromatic rings. The number of ether oxygens (including phenoxy) is 2. The van der Waals surface area contributed by atoms with E-state index in [-0.39, 0.29) is 18.9 Å². The maximum atomic E-state index is 13.3. The molecule has 0 radical (unpaired) electrons. The highest BCUT2D eigenvalue weighted by molar-refractivity contribution is 6.30. The average molecular weight is 379 g/mol. The number of amides is 1. The predicted molar refractivity (Wildman–Crippen MR) is 104 cm³/mol. The lowest BCUT2D eigenvalue weighted by Gasteiger charge is -2.38. The number of carbonyl (C=O) groups excluding carboxylic acids is 1. The van der Waals surface area contributed by atoms with Gasteiger partial charge >= 0.3 is 0 Å². The number of nitrogens with zero attached hydrogens (tertiary/aromatic N) is 1. The van der Waals surface area contributed by atoms with Crippen LogP contribution in [0.1, 0.15) is 22.1 Å². The summed E-state index contributed by atoms with van der Waals surface area (Å²) in [5.41, 5.74) is 3.09. The number of fused-ring (bicyclic) bond motifs is 2. The fraction of sp³-hybridized carbons (Fsp3) is 0.0952.